The molecular weight excluding hydrogens is 404 g/mol. The molecule has 152 valence electrons. The molecule has 3 heterocycles. The number of nitrogens with one attached hydrogen (secondary N) is 1. The quantitative estimate of drug-likeness (QED) is 0.641. The van der Waals surface area contributed by atoms with Crippen molar-refractivity contribution in [3.8, 4) is 6.07 Å². The molecule has 4 rings (SSSR count). The van der Waals surface area contributed by atoms with Gasteiger partial charge in [0.05, 0.1) is 28.2 Å². The predicted octanol–water partition coefficient (Wildman–Crippen LogP) is 3.24. The number of ketones is 1. The number of nitriles is 1. The van der Waals surface area contributed by atoms with Crippen molar-refractivity contribution in [1.29, 1.82) is 5.26 Å². The number of anilines is 1. The van der Waals surface area contributed by atoms with Crippen molar-refractivity contribution >= 4 is 34.2 Å². The second-order valence-electron chi connectivity index (χ2n) is 7.16. The van der Waals surface area contributed by atoms with Gasteiger partial charge in [0.25, 0.3) is 5.56 Å². The molecule has 1 unspecified atom stereocenters. The molecule has 3 aromatic rings. The molecule has 1 atom stereocenters. The van der Waals surface area contributed by atoms with Gasteiger partial charge in [-0.1, -0.05) is 36.6 Å². The Labute approximate surface area is 177 Å². The van der Waals surface area contributed by atoms with Crippen molar-refractivity contribution in [2.45, 2.75) is 31.6 Å². The molecule has 0 spiro atoms. The van der Waals surface area contributed by atoms with Crippen LogP contribution in [-0.2, 0) is 0 Å². The van der Waals surface area contributed by atoms with E-state index in [4.69, 9.17) is 11.6 Å². The van der Waals surface area contributed by atoms with Crippen molar-refractivity contribution in [1.82, 2.24) is 19.9 Å². The van der Waals surface area contributed by atoms with Gasteiger partial charge >= 0.3 is 0 Å². The lowest BCUT2D eigenvalue weighted by atomic mass is 10.0. The normalized spacial score (nSPS) is 15.4. The zero-order chi connectivity index (χ0) is 21.1. The molecule has 0 bridgehead atoms. The van der Waals surface area contributed by atoms with Crippen LogP contribution in [0.5, 0.6) is 0 Å². The van der Waals surface area contributed by atoms with Gasteiger partial charge in [0.2, 0.25) is 11.7 Å². The Balaban J connectivity index is 1.71. The zero-order valence-corrected chi connectivity index (χ0v) is 16.9. The number of hydrogen-bond acceptors (Lipinski definition) is 7. The molecule has 1 N–H and O–H groups in total. The van der Waals surface area contributed by atoms with E-state index in [2.05, 4.69) is 19.9 Å². The van der Waals surface area contributed by atoms with Crippen LogP contribution in [0.2, 0.25) is 5.02 Å². The molecule has 8 nitrogen and oxygen atoms in total. The number of hydrogen-bond donors (Lipinski definition) is 1. The summed E-state index contributed by atoms with van der Waals surface area (Å²) >= 11 is 6.21. The van der Waals surface area contributed by atoms with Crippen LogP contribution in [0.4, 0.5) is 5.95 Å². The summed E-state index contributed by atoms with van der Waals surface area (Å²) < 4.78 is 0. The lowest BCUT2D eigenvalue weighted by Crippen LogP contribution is -2.27. The number of aromatic nitrogens is 4. The maximum atomic E-state index is 13.2. The fraction of sp³-hybridized carbons (Fsp3) is 0.333. The van der Waals surface area contributed by atoms with Crippen LogP contribution < -0.4 is 10.5 Å². The Kier molecular flexibility index (Phi) is 5.72. The number of carbonyl (C=O) groups is 1. The molecule has 0 amide bonds. The number of para-hydroxylation sites is 1. The van der Waals surface area contributed by atoms with Crippen LogP contribution in [0.1, 0.15) is 47.9 Å². The average molecular weight is 423 g/mol. The number of rotatable bonds is 4. The number of Topliss-reactive ketones (excluding diaryl/α,β-unsaturated/α-hetero) is 1. The highest BCUT2D eigenvalue weighted by molar-refractivity contribution is 6.33. The fourth-order valence-electron chi connectivity index (χ4n) is 3.58. The Morgan fingerprint density at radius 1 is 1.17 bits per heavy atom. The molecule has 0 radical (unpaired) electrons. The molecule has 1 saturated heterocycles. The SMILES string of the molecule is N#CC(C(=O)c1nc(N2CCCCCC2)ncc1Cl)c1nc2ccccc2c(=O)[nH]1. The number of fused-ring (bicyclic) bond motifs is 1. The molecule has 1 fully saturated rings. The van der Waals surface area contributed by atoms with E-state index < -0.39 is 17.3 Å². The van der Waals surface area contributed by atoms with Gasteiger partial charge in [-0.05, 0) is 25.0 Å². The first-order chi connectivity index (χ1) is 14.6. The fourth-order valence-corrected chi connectivity index (χ4v) is 3.76. The maximum absolute atomic E-state index is 13.2. The summed E-state index contributed by atoms with van der Waals surface area (Å²) in [6, 6.07) is 8.66. The highest BCUT2D eigenvalue weighted by atomic mass is 35.5. The van der Waals surface area contributed by atoms with Gasteiger partial charge in [-0.3, -0.25) is 9.59 Å². The van der Waals surface area contributed by atoms with Crippen molar-refractivity contribution < 1.29 is 4.79 Å². The van der Waals surface area contributed by atoms with Crippen LogP contribution in [-0.4, -0.2) is 38.8 Å². The van der Waals surface area contributed by atoms with Crippen molar-refractivity contribution in [2.24, 2.45) is 0 Å². The molecular formula is C21H19ClN6O2. The Morgan fingerprint density at radius 3 is 2.63 bits per heavy atom. The maximum Gasteiger partial charge on any atom is 0.258 e. The molecule has 1 aromatic carbocycles. The van der Waals surface area contributed by atoms with Crippen molar-refractivity contribution in [2.75, 3.05) is 18.0 Å². The number of H-pyrrole nitrogens is 1. The third-order valence-corrected chi connectivity index (χ3v) is 5.43. The molecule has 9 heteroatoms. The van der Waals surface area contributed by atoms with Gasteiger partial charge in [-0.25, -0.2) is 15.0 Å². The van der Waals surface area contributed by atoms with Crippen LogP contribution in [0.3, 0.4) is 0 Å². The second-order valence-corrected chi connectivity index (χ2v) is 7.57. The molecule has 1 aliphatic rings. The molecule has 30 heavy (non-hydrogen) atoms. The van der Waals surface area contributed by atoms with E-state index in [0.29, 0.717) is 16.9 Å². The summed E-state index contributed by atoms with van der Waals surface area (Å²) in [5, 5.41) is 10.1. The summed E-state index contributed by atoms with van der Waals surface area (Å²) in [5.41, 5.74) is -0.0562. The van der Waals surface area contributed by atoms with Gasteiger partial charge < -0.3 is 9.88 Å². The summed E-state index contributed by atoms with van der Waals surface area (Å²) in [6.45, 7) is 1.60. The third kappa shape index (κ3) is 3.89. The number of nitrogens with zero attached hydrogens (tertiary/aromatic N) is 5. The van der Waals surface area contributed by atoms with Gasteiger partial charge in [-0.15, -0.1) is 0 Å². The average Bonchev–Trinajstić information content (AvgIpc) is 3.04. The Morgan fingerprint density at radius 2 is 1.90 bits per heavy atom. The van der Waals surface area contributed by atoms with Crippen LogP contribution >= 0.6 is 11.6 Å². The number of aromatic amines is 1. The Hall–Kier alpha value is -3.31. The van der Waals surface area contributed by atoms with Crippen molar-refractivity contribution in [3.05, 3.63) is 57.4 Å². The van der Waals surface area contributed by atoms with Crippen molar-refractivity contribution in [3.63, 3.8) is 0 Å². The zero-order valence-electron chi connectivity index (χ0n) is 16.1. The molecule has 1 aliphatic heterocycles. The summed E-state index contributed by atoms with van der Waals surface area (Å²) in [7, 11) is 0. The van der Waals surface area contributed by atoms with E-state index >= 15 is 0 Å². The largest absolute Gasteiger partial charge is 0.341 e. The smallest absolute Gasteiger partial charge is 0.258 e. The predicted molar refractivity (Wildman–Crippen MR) is 113 cm³/mol. The number of benzene rings is 1. The third-order valence-electron chi connectivity index (χ3n) is 5.15. The molecule has 0 aliphatic carbocycles. The summed E-state index contributed by atoms with van der Waals surface area (Å²) in [4.78, 5) is 43.1. The first kappa shape index (κ1) is 20.0. The van der Waals surface area contributed by atoms with Crippen LogP contribution in [0.25, 0.3) is 10.9 Å². The summed E-state index contributed by atoms with van der Waals surface area (Å²) in [5.74, 6) is -1.58. The minimum atomic E-state index is -1.34. The van der Waals surface area contributed by atoms with Gasteiger partial charge in [-0.2, -0.15) is 5.26 Å². The van der Waals surface area contributed by atoms with Gasteiger partial charge in [0.15, 0.2) is 5.92 Å². The van der Waals surface area contributed by atoms with E-state index in [1.165, 1.54) is 6.20 Å². The minimum absolute atomic E-state index is 0.0304. The van der Waals surface area contributed by atoms with E-state index in [-0.39, 0.29) is 16.5 Å². The van der Waals surface area contributed by atoms with E-state index in [1.54, 1.807) is 24.3 Å². The van der Waals surface area contributed by atoms with Crippen LogP contribution in [0.15, 0.2) is 35.3 Å². The van der Waals surface area contributed by atoms with Crippen LogP contribution in [0, 0.1) is 11.3 Å². The first-order valence-electron chi connectivity index (χ1n) is 9.79. The minimum Gasteiger partial charge on any atom is -0.341 e. The first-order valence-corrected chi connectivity index (χ1v) is 10.2. The van der Waals surface area contributed by atoms with E-state index in [9.17, 15) is 14.9 Å². The standard InChI is InChI=1S/C21H19ClN6O2/c22-15-12-24-21(28-9-5-1-2-6-10-28)26-17(15)18(29)14(11-23)19-25-16-8-4-3-7-13(16)20(30)27-19/h3-4,7-8,12,14H,1-2,5-6,9-10H2,(H,25,27,30). The monoisotopic (exact) mass is 422 g/mol. The lowest BCUT2D eigenvalue weighted by molar-refractivity contribution is 0.0971. The second kappa shape index (κ2) is 8.59. The molecule has 2 aromatic heterocycles. The van der Waals surface area contributed by atoms with Gasteiger partial charge in [0, 0.05) is 13.1 Å². The van der Waals surface area contributed by atoms with Gasteiger partial charge in [0.1, 0.15) is 11.5 Å². The van der Waals surface area contributed by atoms with E-state index in [1.807, 2.05) is 11.0 Å². The lowest BCUT2D eigenvalue weighted by Gasteiger charge is -2.20. The number of carbonyl (C=O) groups excluding carboxylic acids is 1. The van der Waals surface area contributed by atoms with E-state index in [0.717, 1.165) is 38.8 Å². The highest BCUT2D eigenvalue weighted by Gasteiger charge is 2.29. The molecule has 0 saturated carbocycles. The topological polar surface area (TPSA) is 116 Å². The highest BCUT2D eigenvalue weighted by Crippen LogP contribution is 2.24. The summed E-state index contributed by atoms with van der Waals surface area (Å²) in [6.07, 6.45) is 5.73. The number of halogens is 1. The Bertz CT molecular complexity index is 1190.